The molecule has 118 valence electrons. The van der Waals surface area contributed by atoms with Crippen LogP contribution >= 0.6 is 0 Å². The second-order valence-electron chi connectivity index (χ2n) is 4.58. The van der Waals surface area contributed by atoms with Gasteiger partial charge in [0, 0.05) is 32.4 Å². The molecule has 0 aromatic heterocycles. The van der Waals surface area contributed by atoms with Gasteiger partial charge in [0.05, 0.1) is 11.9 Å². The number of hydrogen-bond acceptors (Lipinski definition) is 4. The Labute approximate surface area is 126 Å². The summed E-state index contributed by atoms with van der Waals surface area (Å²) in [7, 11) is -1.69. The van der Waals surface area contributed by atoms with E-state index in [0.29, 0.717) is 30.9 Å². The predicted molar refractivity (Wildman–Crippen MR) is 83.1 cm³/mol. The van der Waals surface area contributed by atoms with Crippen molar-refractivity contribution in [1.82, 2.24) is 5.32 Å². The summed E-state index contributed by atoms with van der Waals surface area (Å²) in [4.78, 5) is 11.9. The molecule has 0 unspecified atom stereocenters. The Bertz CT molecular complexity index is 555. The summed E-state index contributed by atoms with van der Waals surface area (Å²) in [6, 6.07) is 6.51. The fourth-order valence-corrected chi connectivity index (χ4v) is 2.88. The Kier molecular flexibility index (Phi) is 6.64. The molecule has 0 bridgehead atoms. The molecule has 0 saturated heterocycles. The number of sulfonamides is 1. The molecule has 1 rings (SSSR count). The highest BCUT2D eigenvalue weighted by molar-refractivity contribution is 7.92. The van der Waals surface area contributed by atoms with Crippen LogP contribution in [0.1, 0.15) is 23.7 Å². The first kappa shape index (κ1) is 17.5. The van der Waals surface area contributed by atoms with Crippen molar-refractivity contribution in [1.29, 1.82) is 0 Å². The van der Waals surface area contributed by atoms with Gasteiger partial charge in [0.1, 0.15) is 0 Å². The van der Waals surface area contributed by atoms with Gasteiger partial charge in [0.15, 0.2) is 0 Å². The minimum Gasteiger partial charge on any atom is -0.385 e. The van der Waals surface area contributed by atoms with E-state index in [4.69, 9.17) is 4.74 Å². The van der Waals surface area contributed by atoms with E-state index in [2.05, 4.69) is 5.32 Å². The van der Waals surface area contributed by atoms with Crippen LogP contribution < -0.4 is 9.62 Å². The van der Waals surface area contributed by atoms with Gasteiger partial charge in [-0.3, -0.25) is 9.10 Å². The van der Waals surface area contributed by atoms with Crippen LogP contribution in [-0.2, 0) is 14.8 Å². The first-order valence-corrected chi connectivity index (χ1v) is 8.60. The maximum absolute atomic E-state index is 11.9. The molecule has 6 nitrogen and oxygen atoms in total. The number of amides is 1. The molecule has 0 atom stereocenters. The summed E-state index contributed by atoms with van der Waals surface area (Å²) in [6.45, 7) is 3.25. The Morgan fingerprint density at radius 1 is 1.29 bits per heavy atom. The number of carbonyl (C=O) groups is 1. The van der Waals surface area contributed by atoms with Crippen LogP contribution in [0.5, 0.6) is 0 Å². The third-order valence-corrected chi connectivity index (χ3v) is 4.19. The fraction of sp³-hybridized carbons (Fsp3) is 0.500. The molecule has 0 aliphatic heterocycles. The van der Waals surface area contributed by atoms with Crippen LogP contribution in [0.15, 0.2) is 24.3 Å². The topological polar surface area (TPSA) is 75.7 Å². The SMILES string of the molecule is CCN(c1ccc(C(=O)NCCCOC)cc1)S(C)(=O)=O. The predicted octanol–water partition coefficient (Wildman–Crippen LogP) is 1.24. The summed E-state index contributed by atoms with van der Waals surface area (Å²) >= 11 is 0. The molecule has 0 fully saturated rings. The third kappa shape index (κ3) is 5.35. The lowest BCUT2D eigenvalue weighted by molar-refractivity contribution is 0.0948. The molecule has 1 amide bonds. The van der Waals surface area contributed by atoms with E-state index < -0.39 is 10.0 Å². The molecule has 7 heteroatoms. The smallest absolute Gasteiger partial charge is 0.251 e. The maximum atomic E-state index is 11.9. The minimum atomic E-state index is -3.30. The van der Waals surface area contributed by atoms with Crippen molar-refractivity contribution in [2.75, 3.05) is 37.4 Å². The first-order chi connectivity index (χ1) is 9.90. The van der Waals surface area contributed by atoms with E-state index in [1.54, 1.807) is 38.3 Å². The number of ether oxygens (including phenoxy) is 1. The zero-order chi connectivity index (χ0) is 15.9. The van der Waals surface area contributed by atoms with Crippen LogP contribution in [0, 0.1) is 0 Å². The summed E-state index contributed by atoms with van der Waals surface area (Å²) in [5, 5.41) is 2.78. The van der Waals surface area contributed by atoms with Gasteiger partial charge in [0.2, 0.25) is 10.0 Å². The lowest BCUT2D eigenvalue weighted by atomic mass is 10.2. The number of methoxy groups -OCH3 is 1. The summed E-state index contributed by atoms with van der Waals surface area (Å²) < 4.78 is 29.4. The number of nitrogens with zero attached hydrogens (tertiary/aromatic N) is 1. The monoisotopic (exact) mass is 314 g/mol. The standard InChI is InChI=1S/C14H22N2O4S/c1-4-16(21(3,18)19)13-8-6-12(7-9-13)14(17)15-10-5-11-20-2/h6-9H,4-5,10-11H2,1-3H3,(H,15,17). The number of carbonyl (C=O) groups excluding carboxylic acids is 1. The summed E-state index contributed by atoms with van der Waals surface area (Å²) in [5.41, 5.74) is 1.05. The second-order valence-corrected chi connectivity index (χ2v) is 6.48. The molecular weight excluding hydrogens is 292 g/mol. The molecule has 0 aliphatic carbocycles. The van der Waals surface area contributed by atoms with Gasteiger partial charge in [-0.1, -0.05) is 0 Å². The molecule has 0 radical (unpaired) electrons. The summed E-state index contributed by atoms with van der Waals surface area (Å²) in [6.07, 6.45) is 1.91. The normalized spacial score (nSPS) is 11.2. The van der Waals surface area contributed by atoms with Crippen LogP contribution in [0.2, 0.25) is 0 Å². The molecule has 1 aromatic rings. The van der Waals surface area contributed by atoms with Crippen molar-refractivity contribution in [3.63, 3.8) is 0 Å². The Morgan fingerprint density at radius 3 is 2.38 bits per heavy atom. The third-order valence-electron chi connectivity index (χ3n) is 2.92. The minimum absolute atomic E-state index is 0.181. The van der Waals surface area contributed by atoms with Crippen molar-refractivity contribution in [3.05, 3.63) is 29.8 Å². The fourth-order valence-electron chi connectivity index (χ4n) is 1.91. The van der Waals surface area contributed by atoms with Gasteiger partial charge in [-0.05, 0) is 37.6 Å². The number of anilines is 1. The Hall–Kier alpha value is -1.60. The van der Waals surface area contributed by atoms with Crippen molar-refractivity contribution >= 4 is 21.6 Å². The highest BCUT2D eigenvalue weighted by atomic mass is 32.2. The molecule has 21 heavy (non-hydrogen) atoms. The Balaban J connectivity index is 2.71. The van der Waals surface area contributed by atoms with E-state index in [9.17, 15) is 13.2 Å². The molecule has 1 N–H and O–H groups in total. The van der Waals surface area contributed by atoms with Crippen LogP contribution in [0.3, 0.4) is 0 Å². The first-order valence-electron chi connectivity index (χ1n) is 6.75. The van der Waals surface area contributed by atoms with Gasteiger partial charge < -0.3 is 10.1 Å². The van der Waals surface area contributed by atoms with Crippen LogP contribution in [0.4, 0.5) is 5.69 Å². The van der Waals surface area contributed by atoms with Gasteiger partial charge >= 0.3 is 0 Å². The van der Waals surface area contributed by atoms with Gasteiger partial charge in [-0.15, -0.1) is 0 Å². The molecule has 0 heterocycles. The Morgan fingerprint density at radius 2 is 1.90 bits per heavy atom. The highest BCUT2D eigenvalue weighted by Gasteiger charge is 2.15. The quantitative estimate of drug-likeness (QED) is 0.733. The zero-order valence-electron chi connectivity index (χ0n) is 12.6. The highest BCUT2D eigenvalue weighted by Crippen LogP contribution is 2.17. The van der Waals surface area contributed by atoms with Gasteiger partial charge in [-0.25, -0.2) is 8.42 Å². The van der Waals surface area contributed by atoms with Crippen molar-refractivity contribution in [3.8, 4) is 0 Å². The number of hydrogen-bond donors (Lipinski definition) is 1. The lowest BCUT2D eigenvalue weighted by Crippen LogP contribution is -2.29. The van der Waals surface area contributed by atoms with Gasteiger partial charge in [-0.2, -0.15) is 0 Å². The molecule has 0 saturated carbocycles. The molecule has 0 aliphatic rings. The molecular formula is C14H22N2O4S. The second kappa shape index (κ2) is 7.99. The van der Waals surface area contributed by atoms with Crippen LogP contribution in [0.25, 0.3) is 0 Å². The number of nitrogens with one attached hydrogen (secondary N) is 1. The average molecular weight is 314 g/mol. The molecule has 0 spiro atoms. The van der Waals surface area contributed by atoms with Crippen molar-refractivity contribution in [2.24, 2.45) is 0 Å². The summed E-state index contributed by atoms with van der Waals surface area (Å²) in [5.74, 6) is -0.181. The number of rotatable bonds is 8. The maximum Gasteiger partial charge on any atom is 0.251 e. The van der Waals surface area contributed by atoms with E-state index in [1.807, 2.05) is 0 Å². The van der Waals surface area contributed by atoms with Crippen LogP contribution in [-0.4, -0.2) is 47.4 Å². The van der Waals surface area contributed by atoms with E-state index >= 15 is 0 Å². The molecule has 1 aromatic carbocycles. The lowest BCUT2D eigenvalue weighted by Gasteiger charge is -2.20. The van der Waals surface area contributed by atoms with E-state index in [0.717, 1.165) is 12.7 Å². The van der Waals surface area contributed by atoms with Gasteiger partial charge in [0.25, 0.3) is 5.91 Å². The van der Waals surface area contributed by atoms with Crippen molar-refractivity contribution < 1.29 is 17.9 Å². The van der Waals surface area contributed by atoms with Crippen molar-refractivity contribution in [2.45, 2.75) is 13.3 Å². The average Bonchev–Trinajstić information content (AvgIpc) is 2.43. The van der Waals surface area contributed by atoms with E-state index in [1.165, 1.54) is 4.31 Å². The van der Waals surface area contributed by atoms with E-state index in [-0.39, 0.29) is 5.91 Å². The zero-order valence-corrected chi connectivity index (χ0v) is 13.4. The largest absolute Gasteiger partial charge is 0.385 e. The number of benzene rings is 1.